The van der Waals surface area contributed by atoms with E-state index < -0.39 is 11.4 Å². The summed E-state index contributed by atoms with van der Waals surface area (Å²) in [4.78, 5) is 26.3. The number of ether oxygens (including phenoxy) is 1. The highest BCUT2D eigenvalue weighted by Crippen LogP contribution is 2.35. The Morgan fingerprint density at radius 2 is 1.96 bits per heavy atom. The number of likely N-dealkylation sites (tertiary alicyclic amines) is 1. The molecule has 1 amide bonds. The van der Waals surface area contributed by atoms with Crippen LogP contribution in [0.2, 0.25) is 0 Å². The molecular formula is C18H25NO4. The van der Waals surface area contributed by atoms with Crippen molar-refractivity contribution in [2.24, 2.45) is 11.3 Å². The van der Waals surface area contributed by atoms with Crippen LogP contribution in [0, 0.1) is 11.3 Å². The van der Waals surface area contributed by atoms with Crippen molar-refractivity contribution in [2.75, 3.05) is 26.8 Å². The van der Waals surface area contributed by atoms with E-state index in [9.17, 15) is 14.7 Å². The number of nitrogens with zero attached hydrogens (tertiary/aromatic N) is 1. The van der Waals surface area contributed by atoms with E-state index in [1.165, 1.54) is 7.11 Å². The van der Waals surface area contributed by atoms with Gasteiger partial charge in [0.25, 0.3) is 0 Å². The van der Waals surface area contributed by atoms with Gasteiger partial charge in [0.2, 0.25) is 5.91 Å². The van der Waals surface area contributed by atoms with Crippen molar-refractivity contribution in [1.29, 1.82) is 0 Å². The number of amides is 1. The highest BCUT2D eigenvalue weighted by molar-refractivity contribution is 5.86. The quantitative estimate of drug-likeness (QED) is 0.874. The van der Waals surface area contributed by atoms with Crippen LogP contribution in [-0.2, 0) is 14.3 Å². The molecule has 5 nitrogen and oxygen atoms in total. The van der Waals surface area contributed by atoms with E-state index in [-0.39, 0.29) is 30.9 Å². The molecule has 1 saturated heterocycles. The third kappa shape index (κ3) is 3.55. The zero-order valence-corrected chi connectivity index (χ0v) is 14.0. The van der Waals surface area contributed by atoms with Crippen molar-refractivity contribution >= 4 is 11.9 Å². The third-order valence-electron chi connectivity index (χ3n) is 4.63. The second kappa shape index (κ2) is 7.13. The first-order valence-corrected chi connectivity index (χ1v) is 7.97. The van der Waals surface area contributed by atoms with Gasteiger partial charge in [0.15, 0.2) is 0 Å². The summed E-state index contributed by atoms with van der Waals surface area (Å²) in [5.41, 5.74) is -0.00474. The van der Waals surface area contributed by atoms with Crippen molar-refractivity contribution in [3.63, 3.8) is 0 Å². The molecule has 1 N–H and O–H groups in total. The van der Waals surface area contributed by atoms with Gasteiger partial charge >= 0.3 is 5.97 Å². The first-order chi connectivity index (χ1) is 10.9. The molecule has 1 aromatic carbocycles. The number of carboxylic acid groups (broad SMARTS) is 1. The Labute approximate surface area is 137 Å². The lowest BCUT2D eigenvalue weighted by molar-refractivity contribution is -0.151. The van der Waals surface area contributed by atoms with Crippen molar-refractivity contribution in [3.8, 4) is 0 Å². The van der Waals surface area contributed by atoms with E-state index in [0.717, 1.165) is 5.56 Å². The van der Waals surface area contributed by atoms with Crippen LogP contribution in [0.4, 0.5) is 0 Å². The number of aliphatic carboxylic acids is 1. The lowest BCUT2D eigenvalue weighted by Gasteiger charge is -2.28. The molecule has 1 fully saturated rings. The van der Waals surface area contributed by atoms with Gasteiger partial charge in [-0.15, -0.1) is 0 Å². The molecule has 1 aliphatic heterocycles. The van der Waals surface area contributed by atoms with Gasteiger partial charge in [0, 0.05) is 20.2 Å². The number of methoxy groups -OCH3 is 1. The lowest BCUT2D eigenvalue weighted by atomic mass is 9.86. The number of hydrogen-bond acceptors (Lipinski definition) is 3. The Morgan fingerprint density at radius 1 is 1.30 bits per heavy atom. The summed E-state index contributed by atoms with van der Waals surface area (Å²) >= 11 is 0. The first kappa shape index (κ1) is 17.5. The van der Waals surface area contributed by atoms with Crippen molar-refractivity contribution < 1.29 is 19.4 Å². The van der Waals surface area contributed by atoms with Crippen LogP contribution >= 0.6 is 0 Å². The molecule has 1 aromatic rings. The zero-order valence-electron chi connectivity index (χ0n) is 14.0. The lowest BCUT2D eigenvalue weighted by Crippen LogP contribution is -2.42. The summed E-state index contributed by atoms with van der Waals surface area (Å²) < 4.78 is 5.09. The number of hydrogen-bond donors (Lipinski definition) is 1. The average Bonchev–Trinajstić information content (AvgIpc) is 2.94. The Kier molecular flexibility index (Phi) is 5.42. The number of rotatable bonds is 6. The largest absolute Gasteiger partial charge is 0.481 e. The second-order valence-electron chi connectivity index (χ2n) is 6.66. The minimum Gasteiger partial charge on any atom is -0.481 e. The fourth-order valence-corrected chi connectivity index (χ4v) is 3.36. The Hall–Kier alpha value is -1.88. The Balaban J connectivity index is 2.21. The zero-order chi connectivity index (χ0) is 17.0. The minimum absolute atomic E-state index is 0.00503. The summed E-state index contributed by atoms with van der Waals surface area (Å²) in [7, 11) is 1.50. The van der Waals surface area contributed by atoms with Crippen LogP contribution in [0.3, 0.4) is 0 Å². The predicted molar refractivity (Wildman–Crippen MR) is 87.2 cm³/mol. The fourth-order valence-electron chi connectivity index (χ4n) is 3.36. The molecule has 2 atom stereocenters. The van der Waals surface area contributed by atoms with Crippen LogP contribution in [0.1, 0.15) is 31.7 Å². The Bertz CT molecular complexity index is 557. The molecule has 2 unspecified atom stereocenters. The molecule has 0 aromatic heterocycles. The van der Waals surface area contributed by atoms with Crippen LogP contribution in [0.25, 0.3) is 0 Å². The normalized spacial score (nSPS) is 22.3. The van der Waals surface area contributed by atoms with E-state index in [1.807, 2.05) is 44.2 Å². The van der Waals surface area contributed by atoms with Crippen LogP contribution < -0.4 is 0 Å². The van der Waals surface area contributed by atoms with Gasteiger partial charge in [-0.3, -0.25) is 9.59 Å². The van der Waals surface area contributed by atoms with Gasteiger partial charge in [0.1, 0.15) is 5.41 Å². The molecule has 126 valence electrons. The minimum atomic E-state index is -0.984. The van der Waals surface area contributed by atoms with Gasteiger partial charge in [0.05, 0.1) is 12.5 Å². The van der Waals surface area contributed by atoms with Crippen LogP contribution in [0.15, 0.2) is 30.3 Å². The first-order valence-electron chi connectivity index (χ1n) is 7.97. The summed E-state index contributed by atoms with van der Waals surface area (Å²) in [6.07, 6.45) is 0.432. The molecule has 23 heavy (non-hydrogen) atoms. The molecule has 0 radical (unpaired) electrons. The number of carboxylic acids is 1. The smallest absolute Gasteiger partial charge is 0.313 e. The molecular weight excluding hydrogens is 294 g/mol. The highest BCUT2D eigenvalue weighted by Gasteiger charge is 2.47. The van der Waals surface area contributed by atoms with Gasteiger partial charge in [-0.1, -0.05) is 44.2 Å². The molecule has 1 aliphatic rings. The average molecular weight is 319 g/mol. The van der Waals surface area contributed by atoms with E-state index in [2.05, 4.69) is 0 Å². The van der Waals surface area contributed by atoms with E-state index >= 15 is 0 Å². The third-order valence-corrected chi connectivity index (χ3v) is 4.63. The van der Waals surface area contributed by atoms with Crippen molar-refractivity contribution in [3.05, 3.63) is 35.9 Å². The number of carbonyl (C=O) groups is 2. The monoisotopic (exact) mass is 319 g/mol. The molecule has 0 spiro atoms. The van der Waals surface area contributed by atoms with Gasteiger partial charge in [-0.25, -0.2) is 0 Å². The van der Waals surface area contributed by atoms with Crippen molar-refractivity contribution in [1.82, 2.24) is 4.90 Å². The highest BCUT2D eigenvalue weighted by atomic mass is 16.5. The van der Waals surface area contributed by atoms with Gasteiger partial charge in [-0.05, 0) is 17.9 Å². The van der Waals surface area contributed by atoms with Crippen LogP contribution in [-0.4, -0.2) is 48.7 Å². The molecule has 2 rings (SSSR count). The second-order valence-corrected chi connectivity index (χ2v) is 6.66. The summed E-state index contributed by atoms with van der Waals surface area (Å²) in [6.45, 7) is 4.84. The molecule has 0 bridgehead atoms. The standard InChI is InChI=1S/C18H25NO4/c1-13(2)15(14-7-5-4-6-8-14)16(20)19-10-9-18(11-19,12-23-3)17(21)22/h4-8,13,15H,9-12H2,1-3H3,(H,21,22). The summed E-state index contributed by atoms with van der Waals surface area (Å²) in [6, 6.07) is 9.69. The van der Waals surface area contributed by atoms with Crippen LogP contribution in [0.5, 0.6) is 0 Å². The molecule has 1 heterocycles. The molecule has 0 saturated carbocycles. The van der Waals surface area contributed by atoms with E-state index in [0.29, 0.717) is 13.0 Å². The fraction of sp³-hybridized carbons (Fsp3) is 0.556. The van der Waals surface area contributed by atoms with E-state index in [4.69, 9.17) is 4.74 Å². The molecule has 5 heteroatoms. The predicted octanol–water partition coefficient (Wildman–Crippen LogP) is 2.38. The maximum absolute atomic E-state index is 13.0. The van der Waals surface area contributed by atoms with E-state index in [1.54, 1.807) is 4.90 Å². The van der Waals surface area contributed by atoms with Gasteiger partial charge in [-0.2, -0.15) is 0 Å². The maximum Gasteiger partial charge on any atom is 0.313 e. The Morgan fingerprint density at radius 3 is 2.48 bits per heavy atom. The summed E-state index contributed by atoms with van der Waals surface area (Å²) in [5, 5.41) is 9.54. The number of benzene rings is 1. The summed E-state index contributed by atoms with van der Waals surface area (Å²) in [5.74, 6) is -0.989. The number of carbonyl (C=O) groups excluding carboxylic acids is 1. The topological polar surface area (TPSA) is 66.8 Å². The maximum atomic E-state index is 13.0. The van der Waals surface area contributed by atoms with Crippen molar-refractivity contribution in [2.45, 2.75) is 26.2 Å². The molecule has 0 aliphatic carbocycles. The van der Waals surface area contributed by atoms with Gasteiger partial charge < -0.3 is 14.7 Å². The SMILES string of the molecule is COCC1(C(=O)O)CCN(C(=O)C(c2ccccc2)C(C)C)C1.